The van der Waals surface area contributed by atoms with Crippen molar-refractivity contribution in [1.29, 1.82) is 0 Å². The smallest absolute Gasteiger partial charge is 0.0795 e. The minimum Gasteiger partial charge on any atom is -0.377 e. The Morgan fingerprint density at radius 3 is 2.71 bits per heavy atom. The topological polar surface area (TPSA) is 21.3 Å². The predicted molar refractivity (Wildman–Crippen MR) is 59.4 cm³/mol. The van der Waals surface area contributed by atoms with Crippen LogP contribution in [-0.2, 0) is 11.3 Å². The molecule has 0 aliphatic rings. The number of aryl methyl sites for hydroxylation is 1. The zero-order chi connectivity index (χ0) is 10.6. The summed E-state index contributed by atoms with van der Waals surface area (Å²) in [6, 6.07) is 6.51. The molecule has 1 aromatic rings. The summed E-state index contributed by atoms with van der Waals surface area (Å²) in [5.41, 5.74) is 3.87. The largest absolute Gasteiger partial charge is 0.377 e. The van der Waals surface area contributed by atoms with Gasteiger partial charge in [-0.2, -0.15) is 0 Å². The Morgan fingerprint density at radius 1 is 1.43 bits per heavy atom. The molecule has 1 unspecified atom stereocenters. The molecule has 0 saturated heterocycles. The molecule has 1 aromatic carbocycles. The lowest BCUT2D eigenvalue weighted by atomic mass is 10.0. The lowest BCUT2D eigenvalue weighted by molar-refractivity contribution is 0.119. The van der Waals surface area contributed by atoms with Crippen LogP contribution in [0, 0.1) is 6.92 Å². The lowest BCUT2D eigenvalue weighted by Gasteiger charge is -2.14. The normalized spacial score (nSPS) is 12.9. The van der Waals surface area contributed by atoms with Crippen molar-refractivity contribution in [3.05, 3.63) is 34.9 Å². The highest BCUT2D eigenvalue weighted by atomic mass is 16.5. The van der Waals surface area contributed by atoms with Crippen LogP contribution in [0.2, 0.25) is 0 Å². The molecule has 0 radical (unpaired) electrons. The second kappa shape index (κ2) is 5.13. The molecule has 0 aliphatic carbocycles. The van der Waals surface area contributed by atoms with Gasteiger partial charge in [0, 0.05) is 13.7 Å². The minimum atomic E-state index is 0.173. The molecule has 1 N–H and O–H groups in total. The van der Waals surface area contributed by atoms with Crippen LogP contribution in [0.15, 0.2) is 18.2 Å². The van der Waals surface area contributed by atoms with Gasteiger partial charge in [0.15, 0.2) is 0 Å². The molecule has 78 valence electrons. The minimum absolute atomic E-state index is 0.173. The molecule has 0 heterocycles. The first-order valence-corrected chi connectivity index (χ1v) is 4.96. The third-order valence-corrected chi connectivity index (χ3v) is 2.52. The van der Waals surface area contributed by atoms with Crippen molar-refractivity contribution >= 4 is 0 Å². The fraction of sp³-hybridized carbons (Fsp3) is 0.500. The van der Waals surface area contributed by atoms with Crippen molar-refractivity contribution in [2.24, 2.45) is 0 Å². The molecule has 0 aliphatic heterocycles. The maximum Gasteiger partial charge on any atom is 0.0795 e. The number of hydrogen-bond donors (Lipinski definition) is 1. The molecule has 0 aromatic heterocycles. The summed E-state index contributed by atoms with van der Waals surface area (Å²) in [5, 5.41) is 3.15. The first kappa shape index (κ1) is 11.2. The van der Waals surface area contributed by atoms with E-state index in [0.717, 1.165) is 6.54 Å². The van der Waals surface area contributed by atoms with Gasteiger partial charge >= 0.3 is 0 Å². The Bertz CT molecular complexity index is 296. The average molecular weight is 193 g/mol. The van der Waals surface area contributed by atoms with Gasteiger partial charge in [0.25, 0.3) is 0 Å². The van der Waals surface area contributed by atoms with E-state index in [0.29, 0.717) is 0 Å². The van der Waals surface area contributed by atoms with E-state index in [1.165, 1.54) is 16.7 Å². The Labute approximate surface area is 86.3 Å². The number of nitrogens with one attached hydrogen (secondary N) is 1. The van der Waals surface area contributed by atoms with Crippen LogP contribution in [0.4, 0.5) is 0 Å². The van der Waals surface area contributed by atoms with E-state index in [1.807, 2.05) is 7.05 Å². The van der Waals surface area contributed by atoms with Crippen LogP contribution in [0.1, 0.15) is 29.7 Å². The van der Waals surface area contributed by atoms with E-state index in [-0.39, 0.29) is 6.10 Å². The van der Waals surface area contributed by atoms with E-state index in [4.69, 9.17) is 4.74 Å². The number of methoxy groups -OCH3 is 1. The van der Waals surface area contributed by atoms with E-state index in [2.05, 4.69) is 37.4 Å². The summed E-state index contributed by atoms with van der Waals surface area (Å²) in [6.45, 7) is 5.10. The Hall–Kier alpha value is -0.860. The van der Waals surface area contributed by atoms with Crippen LogP contribution in [0.3, 0.4) is 0 Å². The molecular weight excluding hydrogens is 174 g/mol. The van der Waals surface area contributed by atoms with Crippen LogP contribution in [-0.4, -0.2) is 14.2 Å². The molecular formula is C12H19NO. The first-order chi connectivity index (χ1) is 6.69. The maximum atomic E-state index is 5.33. The van der Waals surface area contributed by atoms with Gasteiger partial charge in [-0.3, -0.25) is 0 Å². The molecule has 2 heteroatoms. The fourth-order valence-corrected chi connectivity index (χ4v) is 1.57. The van der Waals surface area contributed by atoms with Crippen molar-refractivity contribution in [2.45, 2.75) is 26.5 Å². The highest BCUT2D eigenvalue weighted by Gasteiger charge is 2.07. The average Bonchev–Trinajstić information content (AvgIpc) is 2.20. The van der Waals surface area contributed by atoms with E-state index >= 15 is 0 Å². The van der Waals surface area contributed by atoms with E-state index in [9.17, 15) is 0 Å². The number of ether oxygens (including phenoxy) is 1. The lowest BCUT2D eigenvalue weighted by Crippen LogP contribution is -2.07. The second-order valence-corrected chi connectivity index (χ2v) is 3.60. The molecule has 14 heavy (non-hydrogen) atoms. The molecule has 0 fully saturated rings. The molecule has 1 rings (SSSR count). The van der Waals surface area contributed by atoms with Gasteiger partial charge in [-0.1, -0.05) is 18.2 Å². The van der Waals surface area contributed by atoms with Crippen molar-refractivity contribution < 1.29 is 4.74 Å². The summed E-state index contributed by atoms with van der Waals surface area (Å²) in [6.07, 6.45) is 0.173. The molecule has 2 nitrogen and oxygen atoms in total. The van der Waals surface area contributed by atoms with Crippen LogP contribution in [0.25, 0.3) is 0 Å². The van der Waals surface area contributed by atoms with E-state index < -0.39 is 0 Å². The molecule has 1 atom stereocenters. The van der Waals surface area contributed by atoms with Gasteiger partial charge in [0.2, 0.25) is 0 Å². The van der Waals surface area contributed by atoms with E-state index in [1.54, 1.807) is 7.11 Å². The zero-order valence-electron chi connectivity index (χ0n) is 9.42. The summed E-state index contributed by atoms with van der Waals surface area (Å²) < 4.78 is 5.33. The van der Waals surface area contributed by atoms with Crippen molar-refractivity contribution in [2.75, 3.05) is 14.2 Å². The Kier molecular flexibility index (Phi) is 4.11. The van der Waals surface area contributed by atoms with Gasteiger partial charge in [0.05, 0.1) is 6.10 Å². The summed E-state index contributed by atoms with van der Waals surface area (Å²) >= 11 is 0. The number of benzene rings is 1. The Morgan fingerprint density at radius 2 is 2.14 bits per heavy atom. The molecule has 0 spiro atoms. The van der Waals surface area contributed by atoms with Gasteiger partial charge in [-0.15, -0.1) is 0 Å². The predicted octanol–water partition coefficient (Wildman–Crippen LogP) is 2.42. The van der Waals surface area contributed by atoms with Crippen molar-refractivity contribution in [3.63, 3.8) is 0 Å². The maximum absolute atomic E-state index is 5.33. The summed E-state index contributed by atoms with van der Waals surface area (Å²) in [4.78, 5) is 0. The van der Waals surface area contributed by atoms with Crippen molar-refractivity contribution in [1.82, 2.24) is 5.32 Å². The summed E-state index contributed by atoms with van der Waals surface area (Å²) in [5.74, 6) is 0. The fourth-order valence-electron chi connectivity index (χ4n) is 1.57. The summed E-state index contributed by atoms with van der Waals surface area (Å²) in [7, 11) is 3.70. The third-order valence-electron chi connectivity index (χ3n) is 2.52. The highest BCUT2D eigenvalue weighted by Crippen LogP contribution is 2.21. The first-order valence-electron chi connectivity index (χ1n) is 4.96. The van der Waals surface area contributed by atoms with Crippen LogP contribution in [0.5, 0.6) is 0 Å². The van der Waals surface area contributed by atoms with Gasteiger partial charge in [0.1, 0.15) is 0 Å². The SMILES string of the molecule is CNCc1ccc(C)c(C(C)OC)c1. The van der Waals surface area contributed by atoms with Crippen LogP contribution >= 0.6 is 0 Å². The second-order valence-electron chi connectivity index (χ2n) is 3.60. The quantitative estimate of drug-likeness (QED) is 0.793. The monoisotopic (exact) mass is 193 g/mol. The third kappa shape index (κ3) is 2.56. The molecule has 0 saturated carbocycles. The zero-order valence-corrected chi connectivity index (χ0v) is 9.42. The highest BCUT2D eigenvalue weighted by molar-refractivity contribution is 5.32. The molecule has 0 amide bonds. The number of hydrogen-bond acceptors (Lipinski definition) is 2. The standard InChI is InChI=1S/C12H19NO/c1-9-5-6-11(8-13-3)7-12(9)10(2)14-4/h5-7,10,13H,8H2,1-4H3. The van der Waals surface area contributed by atoms with Gasteiger partial charge < -0.3 is 10.1 Å². The van der Waals surface area contributed by atoms with Gasteiger partial charge in [-0.25, -0.2) is 0 Å². The van der Waals surface area contributed by atoms with Gasteiger partial charge in [-0.05, 0) is 37.6 Å². The molecule has 0 bridgehead atoms. The van der Waals surface area contributed by atoms with Crippen LogP contribution < -0.4 is 5.32 Å². The van der Waals surface area contributed by atoms with Crippen molar-refractivity contribution in [3.8, 4) is 0 Å². The Balaban J connectivity index is 2.95. The number of rotatable bonds is 4.